The van der Waals surface area contributed by atoms with Crippen molar-refractivity contribution in [3.63, 3.8) is 0 Å². The van der Waals surface area contributed by atoms with Crippen molar-refractivity contribution in [2.75, 3.05) is 4.90 Å². The largest absolute Gasteiger partial charge is 0.311 e. The van der Waals surface area contributed by atoms with Crippen LogP contribution in [-0.4, -0.2) is 0 Å². The van der Waals surface area contributed by atoms with Crippen LogP contribution in [0.25, 0.3) is 22.3 Å². The van der Waals surface area contributed by atoms with Gasteiger partial charge in [0.25, 0.3) is 0 Å². The summed E-state index contributed by atoms with van der Waals surface area (Å²) in [6.07, 6.45) is 0. The zero-order valence-corrected chi connectivity index (χ0v) is 25.5. The third kappa shape index (κ3) is 4.88. The van der Waals surface area contributed by atoms with Gasteiger partial charge in [0.05, 0.1) is 0 Å². The van der Waals surface area contributed by atoms with Crippen LogP contribution in [0.4, 0.5) is 17.1 Å². The lowest BCUT2D eigenvalue weighted by Crippen LogP contribution is -2.16. The van der Waals surface area contributed by atoms with E-state index < -0.39 is 0 Å². The van der Waals surface area contributed by atoms with E-state index in [1.165, 1.54) is 50.1 Å². The summed E-state index contributed by atoms with van der Waals surface area (Å²) in [5.74, 6) is 1.18. The summed E-state index contributed by atoms with van der Waals surface area (Å²) in [6, 6.07) is 40.8. The summed E-state index contributed by atoms with van der Waals surface area (Å²) >= 11 is 0. The molecule has 0 aromatic heterocycles. The first-order valence-corrected chi connectivity index (χ1v) is 15.0. The second-order valence-electron chi connectivity index (χ2n) is 12.8. The zero-order valence-electron chi connectivity index (χ0n) is 25.5. The molecule has 0 aliphatic heterocycles. The SMILES string of the molecule is Cc1ccc(N(c2ccc(C)cc2)c2ccc(-c3ccc4c(c3)C(C)(C)c3cc(C(C)C(C)C)ccc3-4)cc2)cc1. The Kier molecular flexibility index (Phi) is 6.86. The van der Waals surface area contributed by atoms with Gasteiger partial charge in [-0.1, -0.05) is 112 Å². The highest BCUT2D eigenvalue weighted by molar-refractivity contribution is 5.84. The molecule has 0 bridgehead atoms. The standard InChI is InChI=1S/C40H41N/c1-26(2)29(5)31-14-22-36-37-23-15-32(25-39(37)40(6,7)38(36)24-31)30-12-20-35(21-13-30)41(33-16-8-27(3)9-17-33)34-18-10-28(4)11-19-34/h8-26,29H,1-7H3. The van der Waals surface area contributed by atoms with Crippen molar-refractivity contribution in [1.82, 2.24) is 0 Å². The van der Waals surface area contributed by atoms with Gasteiger partial charge < -0.3 is 4.90 Å². The molecule has 1 aliphatic carbocycles. The number of hydrogen-bond donors (Lipinski definition) is 0. The minimum atomic E-state index is -0.0268. The van der Waals surface area contributed by atoms with Crippen LogP contribution in [0.3, 0.4) is 0 Å². The monoisotopic (exact) mass is 535 g/mol. The number of nitrogens with zero attached hydrogens (tertiary/aromatic N) is 1. The molecule has 0 fully saturated rings. The lowest BCUT2D eigenvalue weighted by Gasteiger charge is -2.26. The van der Waals surface area contributed by atoms with Gasteiger partial charge in [-0.25, -0.2) is 0 Å². The van der Waals surface area contributed by atoms with Crippen LogP contribution in [0, 0.1) is 19.8 Å². The van der Waals surface area contributed by atoms with E-state index in [9.17, 15) is 0 Å². The Morgan fingerprint density at radius 1 is 0.512 bits per heavy atom. The first-order chi connectivity index (χ1) is 19.6. The molecule has 5 aromatic carbocycles. The lowest BCUT2D eigenvalue weighted by atomic mass is 9.79. The molecular formula is C40H41N. The van der Waals surface area contributed by atoms with Crippen molar-refractivity contribution in [3.05, 3.63) is 137 Å². The highest BCUT2D eigenvalue weighted by Crippen LogP contribution is 2.50. The minimum Gasteiger partial charge on any atom is -0.311 e. The summed E-state index contributed by atoms with van der Waals surface area (Å²) in [5, 5.41) is 0. The van der Waals surface area contributed by atoms with Crippen molar-refractivity contribution in [3.8, 4) is 22.3 Å². The quantitative estimate of drug-likeness (QED) is 0.209. The number of aryl methyl sites for hydroxylation is 2. The van der Waals surface area contributed by atoms with Crippen molar-refractivity contribution in [2.45, 2.75) is 59.8 Å². The van der Waals surface area contributed by atoms with E-state index in [4.69, 9.17) is 0 Å². The maximum Gasteiger partial charge on any atom is 0.0462 e. The Morgan fingerprint density at radius 3 is 1.46 bits per heavy atom. The molecule has 0 saturated heterocycles. The fourth-order valence-electron chi connectivity index (χ4n) is 6.24. The van der Waals surface area contributed by atoms with Crippen LogP contribution in [0.15, 0.2) is 109 Å². The third-order valence-corrected chi connectivity index (χ3v) is 9.27. The molecule has 1 heteroatoms. The lowest BCUT2D eigenvalue weighted by molar-refractivity contribution is 0.533. The highest BCUT2D eigenvalue weighted by Gasteiger charge is 2.36. The predicted octanol–water partition coefficient (Wildman–Crippen LogP) is 11.5. The molecule has 5 aromatic rings. The van der Waals surface area contributed by atoms with Crippen LogP contribution < -0.4 is 4.90 Å². The number of rotatable bonds is 6. The van der Waals surface area contributed by atoms with Gasteiger partial charge in [0.2, 0.25) is 0 Å². The molecular weight excluding hydrogens is 494 g/mol. The molecule has 0 saturated carbocycles. The number of hydrogen-bond acceptors (Lipinski definition) is 1. The van der Waals surface area contributed by atoms with E-state index in [-0.39, 0.29) is 5.41 Å². The smallest absolute Gasteiger partial charge is 0.0462 e. The summed E-state index contributed by atoms with van der Waals surface area (Å²) in [5.41, 5.74) is 15.6. The molecule has 1 nitrogen and oxygen atoms in total. The minimum absolute atomic E-state index is 0.0268. The molecule has 0 N–H and O–H groups in total. The van der Waals surface area contributed by atoms with E-state index in [0.29, 0.717) is 11.8 Å². The van der Waals surface area contributed by atoms with E-state index in [1.54, 1.807) is 0 Å². The Balaban J connectivity index is 1.35. The van der Waals surface area contributed by atoms with E-state index >= 15 is 0 Å². The molecule has 0 radical (unpaired) electrons. The van der Waals surface area contributed by atoms with E-state index in [2.05, 4.69) is 163 Å². The summed E-state index contributed by atoms with van der Waals surface area (Å²) in [6.45, 7) is 16.0. The van der Waals surface area contributed by atoms with Crippen LogP contribution in [-0.2, 0) is 5.41 Å². The van der Waals surface area contributed by atoms with Gasteiger partial charge in [-0.05, 0) is 107 Å². The van der Waals surface area contributed by atoms with Crippen LogP contribution in [0.5, 0.6) is 0 Å². The van der Waals surface area contributed by atoms with E-state index in [1.807, 2.05) is 0 Å². The molecule has 0 amide bonds. The second-order valence-corrected chi connectivity index (χ2v) is 12.8. The summed E-state index contributed by atoms with van der Waals surface area (Å²) < 4.78 is 0. The molecule has 0 spiro atoms. The van der Waals surface area contributed by atoms with Gasteiger partial charge >= 0.3 is 0 Å². The summed E-state index contributed by atoms with van der Waals surface area (Å²) in [7, 11) is 0. The molecule has 6 rings (SSSR count). The predicted molar refractivity (Wildman–Crippen MR) is 177 cm³/mol. The van der Waals surface area contributed by atoms with Crippen molar-refractivity contribution in [1.29, 1.82) is 0 Å². The Morgan fingerprint density at radius 2 is 0.951 bits per heavy atom. The Hall–Kier alpha value is -4.10. The average Bonchev–Trinajstić information content (AvgIpc) is 3.20. The van der Waals surface area contributed by atoms with Crippen molar-refractivity contribution in [2.24, 2.45) is 5.92 Å². The van der Waals surface area contributed by atoms with Crippen LogP contribution in [0.2, 0.25) is 0 Å². The molecule has 0 heterocycles. The molecule has 1 atom stereocenters. The number of fused-ring (bicyclic) bond motifs is 3. The molecule has 41 heavy (non-hydrogen) atoms. The topological polar surface area (TPSA) is 3.24 Å². The zero-order chi connectivity index (χ0) is 28.9. The Labute approximate surface area is 246 Å². The van der Waals surface area contributed by atoms with Gasteiger partial charge in [0.15, 0.2) is 0 Å². The van der Waals surface area contributed by atoms with Gasteiger partial charge in [-0.15, -0.1) is 0 Å². The first-order valence-electron chi connectivity index (χ1n) is 15.0. The fraction of sp³-hybridized carbons (Fsp3) is 0.250. The number of anilines is 3. The summed E-state index contributed by atoms with van der Waals surface area (Å²) in [4.78, 5) is 2.33. The maximum atomic E-state index is 2.47. The third-order valence-electron chi connectivity index (χ3n) is 9.27. The first kappa shape index (κ1) is 27.1. The van der Waals surface area contributed by atoms with Gasteiger partial charge in [0.1, 0.15) is 0 Å². The number of benzene rings is 5. The van der Waals surface area contributed by atoms with E-state index in [0.717, 1.165) is 17.1 Å². The molecule has 1 unspecified atom stereocenters. The van der Waals surface area contributed by atoms with Crippen LogP contribution in [0.1, 0.15) is 68.4 Å². The molecule has 206 valence electrons. The van der Waals surface area contributed by atoms with Gasteiger partial charge in [-0.2, -0.15) is 0 Å². The van der Waals surface area contributed by atoms with Crippen molar-refractivity contribution >= 4 is 17.1 Å². The molecule has 1 aliphatic rings. The average molecular weight is 536 g/mol. The van der Waals surface area contributed by atoms with Crippen LogP contribution >= 0.6 is 0 Å². The highest BCUT2D eigenvalue weighted by atomic mass is 15.1. The van der Waals surface area contributed by atoms with Crippen molar-refractivity contribution < 1.29 is 0 Å². The normalized spacial score (nSPS) is 14.0. The Bertz CT molecular complexity index is 1640. The second kappa shape index (κ2) is 10.4. The maximum absolute atomic E-state index is 2.47. The fourth-order valence-corrected chi connectivity index (χ4v) is 6.24. The van der Waals surface area contributed by atoms with Gasteiger partial charge in [-0.3, -0.25) is 0 Å². The van der Waals surface area contributed by atoms with Gasteiger partial charge in [0, 0.05) is 22.5 Å².